The highest BCUT2D eigenvalue weighted by Crippen LogP contribution is 2.39. The predicted molar refractivity (Wildman–Crippen MR) is 93.0 cm³/mol. The van der Waals surface area contributed by atoms with Crippen molar-refractivity contribution in [3.8, 4) is 0 Å². The fourth-order valence-electron chi connectivity index (χ4n) is 3.08. The van der Waals surface area contributed by atoms with Gasteiger partial charge in [-0.2, -0.15) is 0 Å². The summed E-state index contributed by atoms with van der Waals surface area (Å²) in [6, 6.07) is 10.3. The molecule has 1 heterocycles. The van der Waals surface area contributed by atoms with Gasteiger partial charge in [-0.15, -0.1) is 11.8 Å². The van der Waals surface area contributed by atoms with Crippen molar-refractivity contribution < 1.29 is 9.90 Å². The average Bonchev–Trinajstić information content (AvgIpc) is 2.84. The Morgan fingerprint density at radius 2 is 2.05 bits per heavy atom. The topological polar surface area (TPSA) is 53.1 Å². The van der Waals surface area contributed by atoms with Gasteiger partial charge in [-0.3, -0.25) is 4.79 Å². The van der Waals surface area contributed by atoms with Gasteiger partial charge in [0.15, 0.2) is 0 Å². The quantitative estimate of drug-likeness (QED) is 0.681. The van der Waals surface area contributed by atoms with E-state index in [0.29, 0.717) is 5.92 Å². The second-order valence-electron chi connectivity index (χ2n) is 5.80. The molecule has 0 saturated heterocycles. The highest BCUT2D eigenvalue weighted by atomic mass is 32.2. The third-order valence-corrected chi connectivity index (χ3v) is 4.89. The van der Waals surface area contributed by atoms with Crippen LogP contribution < -0.4 is 0 Å². The molecule has 1 aromatic heterocycles. The number of aliphatic carboxylic acids is 1. The first-order valence-corrected chi connectivity index (χ1v) is 8.57. The molecular weight excluding hydrogens is 294 g/mol. The van der Waals surface area contributed by atoms with Gasteiger partial charge in [0.25, 0.3) is 0 Å². The summed E-state index contributed by atoms with van der Waals surface area (Å²) in [6.07, 6.45) is 2.06. The summed E-state index contributed by atoms with van der Waals surface area (Å²) in [6.45, 7) is 4.31. The zero-order valence-corrected chi connectivity index (χ0v) is 13.8. The van der Waals surface area contributed by atoms with E-state index in [1.54, 1.807) is 11.8 Å². The van der Waals surface area contributed by atoms with Gasteiger partial charge in [-0.05, 0) is 29.4 Å². The highest BCUT2D eigenvalue weighted by Gasteiger charge is 2.19. The molecule has 0 aliphatic carbocycles. The summed E-state index contributed by atoms with van der Waals surface area (Å²) in [5, 5.41) is 11.6. The van der Waals surface area contributed by atoms with Gasteiger partial charge in [-0.25, -0.2) is 0 Å². The molecule has 2 N–H and O–H groups in total. The number of rotatable bonds is 4. The Kier molecular flexibility index (Phi) is 3.87. The zero-order valence-electron chi connectivity index (χ0n) is 12.9. The smallest absolute Gasteiger partial charge is 0.307 e. The van der Waals surface area contributed by atoms with Crippen LogP contribution in [0.2, 0.25) is 0 Å². The Hall–Kier alpha value is -1.94. The van der Waals surface area contributed by atoms with Crippen molar-refractivity contribution in [3.05, 3.63) is 41.5 Å². The Labute approximate surface area is 133 Å². The molecule has 0 radical (unpaired) electrons. The maximum Gasteiger partial charge on any atom is 0.307 e. The molecule has 0 atom stereocenters. The molecule has 0 aliphatic heterocycles. The van der Waals surface area contributed by atoms with Gasteiger partial charge in [0.2, 0.25) is 0 Å². The van der Waals surface area contributed by atoms with E-state index in [-0.39, 0.29) is 6.42 Å². The minimum Gasteiger partial charge on any atom is -0.481 e. The van der Waals surface area contributed by atoms with Gasteiger partial charge < -0.3 is 10.1 Å². The molecule has 3 nitrogen and oxygen atoms in total. The van der Waals surface area contributed by atoms with E-state index in [9.17, 15) is 9.90 Å². The van der Waals surface area contributed by atoms with Crippen LogP contribution in [-0.2, 0) is 11.2 Å². The highest BCUT2D eigenvalue weighted by molar-refractivity contribution is 7.98. The average molecular weight is 313 g/mol. The van der Waals surface area contributed by atoms with Crippen molar-refractivity contribution in [3.63, 3.8) is 0 Å². The molecule has 0 unspecified atom stereocenters. The molecule has 3 rings (SSSR count). The molecule has 0 fully saturated rings. The lowest BCUT2D eigenvalue weighted by atomic mass is 9.94. The van der Waals surface area contributed by atoms with Crippen LogP contribution in [0.1, 0.15) is 30.9 Å². The van der Waals surface area contributed by atoms with Gasteiger partial charge in [0, 0.05) is 21.2 Å². The van der Waals surface area contributed by atoms with Crippen molar-refractivity contribution in [1.82, 2.24) is 4.98 Å². The molecule has 2 aromatic carbocycles. The second-order valence-corrected chi connectivity index (χ2v) is 6.62. The van der Waals surface area contributed by atoms with E-state index in [2.05, 4.69) is 37.0 Å². The fraction of sp³-hybridized carbons (Fsp3) is 0.278. The van der Waals surface area contributed by atoms with Crippen LogP contribution in [0.3, 0.4) is 0 Å². The Morgan fingerprint density at radius 3 is 2.68 bits per heavy atom. The maximum absolute atomic E-state index is 11.2. The van der Waals surface area contributed by atoms with Crippen molar-refractivity contribution >= 4 is 39.5 Å². The minimum absolute atomic E-state index is 0.0567. The number of aromatic nitrogens is 1. The first kappa shape index (κ1) is 15.0. The number of carboxylic acid groups (broad SMARTS) is 1. The Morgan fingerprint density at radius 1 is 1.32 bits per heavy atom. The molecular formula is C18H19NO2S. The minimum atomic E-state index is -0.791. The summed E-state index contributed by atoms with van der Waals surface area (Å²) in [4.78, 5) is 15.7. The fourth-order valence-corrected chi connectivity index (χ4v) is 3.83. The molecule has 0 saturated carbocycles. The first-order valence-electron chi connectivity index (χ1n) is 7.35. The lowest BCUT2D eigenvalue weighted by Crippen LogP contribution is -2.04. The van der Waals surface area contributed by atoms with E-state index < -0.39 is 5.97 Å². The number of H-pyrrole nitrogens is 1. The van der Waals surface area contributed by atoms with Crippen molar-refractivity contribution in [1.29, 1.82) is 0 Å². The summed E-state index contributed by atoms with van der Waals surface area (Å²) >= 11 is 1.61. The number of thioether (sulfide) groups is 1. The molecule has 0 amide bonds. The third kappa shape index (κ3) is 2.37. The van der Waals surface area contributed by atoms with Gasteiger partial charge in [0.1, 0.15) is 0 Å². The van der Waals surface area contributed by atoms with E-state index in [1.165, 1.54) is 16.3 Å². The SMILES string of the molecule is CSc1c(CC(=O)O)cc(C(C)C)c2c1[nH]c1ccccc12. The number of hydrogen-bond donors (Lipinski definition) is 2. The van der Waals surface area contributed by atoms with E-state index in [0.717, 1.165) is 21.5 Å². The zero-order chi connectivity index (χ0) is 15.9. The maximum atomic E-state index is 11.2. The third-order valence-electron chi connectivity index (χ3n) is 4.01. The Bertz CT molecular complexity index is 864. The van der Waals surface area contributed by atoms with Crippen LogP contribution >= 0.6 is 11.8 Å². The van der Waals surface area contributed by atoms with Crippen LogP contribution in [0.5, 0.6) is 0 Å². The van der Waals surface area contributed by atoms with Crippen LogP contribution in [0.4, 0.5) is 0 Å². The molecule has 0 aliphatic rings. The molecule has 114 valence electrons. The predicted octanol–water partition coefficient (Wildman–Crippen LogP) is 4.79. The van der Waals surface area contributed by atoms with Crippen LogP contribution in [0.25, 0.3) is 21.8 Å². The number of hydrogen-bond acceptors (Lipinski definition) is 2. The molecule has 0 bridgehead atoms. The molecule has 4 heteroatoms. The number of carbonyl (C=O) groups is 1. The number of para-hydroxylation sites is 1. The summed E-state index contributed by atoms with van der Waals surface area (Å²) in [7, 11) is 0. The van der Waals surface area contributed by atoms with Crippen molar-refractivity contribution in [2.24, 2.45) is 0 Å². The van der Waals surface area contributed by atoms with Gasteiger partial charge in [0.05, 0.1) is 11.9 Å². The summed E-state index contributed by atoms with van der Waals surface area (Å²) in [5.74, 6) is -0.453. The molecule has 22 heavy (non-hydrogen) atoms. The van der Waals surface area contributed by atoms with Crippen LogP contribution in [0, 0.1) is 0 Å². The monoisotopic (exact) mass is 313 g/mol. The van der Waals surface area contributed by atoms with Crippen LogP contribution in [-0.4, -0.2) is 22.3 Å². The lowest BCUT2D eigenvalue weighted by Gasteiger charge is -2.14. The number of aromatic amines is 1. The number of fused-ring (bicyclic) bond motifs is 3. The summed E-state index contributed by atoms with van der Waals surface area (Å²) < 4.78 is 0. The van der Waals surface area contributed by atoms with Crippen LogP contribution in [0.15, 0.2) is 35.2 Å². The normalized spacial score (nSPS) is 11.6. The number of carboxylic acids is 1. The largest absolute Gasteiger partial charge is 0.481 e. The van der Waals surface area contributed by atoms with E-state index in [1.807, 2.05) is 18.4 Å². The van der Waals surface area contributed by atoms with E-state index in [4.69, 9.17) is 0 Å². The number of benzene rings is 2. The van der Waals surface area contributed by atoms with Gasteiger partial charge >= 0.3 is 5.97 Å². The molecule has 3 aromatic rings. The molecule has 0 spiro atoms. The van der Waals surface area contributed by atoms with Crippen molar-refractivity contribution in [2.45, 2.75) is 31.1 Å². The second kappa shape index (κ2) is 5.69. The lowest BCUT2D eigenvalue weighted by molar-refractivity contribution is -0.136. The van der Waals surface area contributed by atoms with Gasteiger partial charge in [-0.1, -0.05) is 38.1 Å². The van der Waals surface area contributed by atoms with Crippen molar-refractivity contribution in [2.75, 3.05) is 6.26 Å². The first-order chi connectivity index (χ1) is 10.5. The van der Waals surface area contributed by atoms with E-state index >= 15 is 0 Å². The number of nitrogens with one attached hydrogen (secondary N) is 1. The summed E-state index contributed by atoms with van der Waals surface area (Å²) in [5.41, 5.74) is 4.27. The Balaban J connectivity index is 2.45. The standard InChI is InChI=1S/C18H19NO2S/c1-10(2)13-8-11(9-15(20)21)18(22-3)17-16(13)12-6-4-5-7-14(12)19-17/h4-8,10,19H,9H2,1-3H3,(H,20,21).